The van der Waals surface area contributed by atoms with E-state index in [1.54, 1.807) is 12.1 Å². The lowest BCUT2D eigenvalue weighted by Gasteiger charge is -2.39. The Hall–Kier alpha value is -1.64. The highest BCUT2D eigenvalue weighted by Gasteiger charge is 2.59. The van der Waals surface area contributed by atoms with E-state index in [0.29, 0.717) is 18.8 Å². The molecule has 0 radical (unpaired) electrons. The summed E-state index contributed by atoms with van der Waals surface area (Å²) in [5.74, 6) is -0.907. The topological polar surface area (TPSA) is 95.0 Å². The van der Waals surface area contributed by atoms with Crippen molar-refractivity contribution in [2.75, 3.05) is 19.6 Å². The summed E-state index contributed by atoms with van der Waals surface area (Å²) >= 11 is 6.10. The van der Waals surface area contributed by atoms with Crippen molar-refractivity contribution in [3.8, 4) is 0 Å². The van der Waals surface area contributed by atoms with Gasteiger partial charge in [-0.1, -0.05) is 30.7 Å². The number of rotatable bonds is 5. The molecule has 1 saturated carbocycles. The molecule has 30 heavy (non-hydrogen) atoms. The Labute approximate surface area is 181 Å². The maximum absolute atomic E-state index is 13.5. The predicted octanol–water partition coefficient (Wildman–Crippen LogP) is 2.43. The molecule has 3 atom stereocenters. The van der Waals surface area contributed by atoms with Crippen molar-refractivity contribution < 1.29 is 23.1 Å². The minimum atomic E-state index is -3.86. The van der Waals surface area contributed by atoms with Crippen LogP contribution < -0.4 is 0 Å². The van der Waals surface area contributed by atoms with E-state index in [-0.39, 0.29) is 28.8 Å². The monoisotopic (exact) mass is 454 g/mol. The zero-order valence-electron chi connectivity index (χ0n) is 17.0. The largest absolute Gasteiger partial charge is 0.480 e. The number of likely N-dealkylation sites (tertiary alicyclic amines) is 2. The number of hydrogen-bond acceptors (Lipinski definition) is 5. The molecule has 1 N–H and O–H groups in total. The molecule has 1 aromatic rings. The van der Waals surface area contributed by atoms with Gasteiger partial charge in [-0.3, -0.25) is 9.69 Å². The fraction of sp³-hybridized carbons (Fsp3) is 0.619. The Bertz CT molecular complexity index is 962. The van der Waals surface area contributed by atoms with Gasteiger partial charge in [-0.25, -0.2) is 13.2 Å². The van der Waals surface area contributed by atoms with E-state index in [2.05, 4.69) is 11.8 Å². The van der Waals surface area contributed by atoms with E-state index in [4.69, 9.17) is 11.6 Å². The summed E-state index contributed by atoms with van der Waals surface area (Å²) in [6, 6.07) is 5.01. The van der Waals surface area contributed by atoms with Gasteiger partial charge in [-0.15, -0.1) is 0 Å². The van der Waals surface area contributed by atoms with Crippen LogP contribution in [-0.4, -0.2) is 71.7 Å². The van der Waals surface area contributed by atoms with Crippen LogP contribution in [0, 0.1) is 5.92 Å². The average Bonchev–Trinajstić information content (AvgIpc) is 3.38. The van der Waals surface area contributed by atoms with Crippen LogP contribution in [0.3, 0.4) is 0 Å². The minimum absolute atomic E-state index is 0.0129. The van der Waals surface area contributed by atoms with Crippen LogP contribution in [0.25, 0.3) is 0 Å². The number of carbonyl (C=O) groups excluding carboxylic acids is 1. The quantitative estimate of drug-likeness (QED) is 0.734. The van der Waals surface area contributed by atoms with Gasteiger partial charge in [0.15, 0.2) is 9.84 Å². The summed E-state index contributed by atoms with van der Waals surface area (Å²) in [5.41, 5.74) is -0.661. The Kier molecular flexibility index (Phi) is 5.61. The number of aliphatic carboxylic acids is 1. The molecule has 1 amide bonds. The summed E-state index contributed by atoms with van der Waals surface area (Å²) in [6.45, 7) is 3.69. The van der Waals surface area contributed by atoms with Crippen LogP contribution in [0.15, 0.2) is 29.2 Å². The SMILES string of the molecule is CC1CCCN(C2(C(=O)N3C[C@H](S(=O)(=O)c4ccccc4Cl)C[C@H]3C(=O)O)CC2)C1. The fourth-order valence-corrected chi connectivity index (χ4v) is 7.18. The fourth-order valence-electron chi connectivity index (χ4n) is 4.97. The second-order valence-electron chi connectivity index (χ2n) is 8.87. The summed E-state index contributed by atoms with van der Waals surface area (Å²) in [4.78, 5) is 28.9. The van der Waals surface area contributed by atoms with Gasteiger partial charge in [0.1, 0.15) is 11.6 Å². The first kappa shape index (κ1) is 21.6. The number of amides is 1. The molecule has 2 saturated heterocycles. The number of nitrogens with zero attached hydrogens (tertiary/aromatic N) is 2. The van der Waals surface area contributed by atoms with E-state index < -0.39 is 32.6 Å². The highest BCUT2D eigenvalue weighted by atomic mass is 35.5. The number of carbonyl (C=O) groups is 2. The molecule has 0 aromatic heterocycles. The van der Waals surface area contributed by atoms with Crippen molar-refractivity contribution in [1.82, 2.24) is 9.80 Å². The molecule has 0 bridgehead atoms. The number of piperidine rings is 1. The zero-order valence-corrected chi connectivity index (χ0v) is 18.5. The molecule has 4 rings (SSSR count). The smallest absolute Gasteiger partial charge is 0.326 e. The molecule has 1 aliphatic carbocycles. The molecule has 7 nitrogen and oxygen atoms in total. The summed E-state index contributed by atoms with van der Waals surface area (Å²) in [6.07, 6.45) is 3.41. The first-order chi connectivity index (χ1) is 14.2. The summed E-state index contributed by atoms with van der Waals surface area (Å²) < 4.78 is 26.4. The lowest BCUT2D eigenvalue weighted by molar-refractivity contribution is -0.151. The van der Waals surface area contributed by atoms with E-state index >= 15 is 0 Å². The van der Waals surface area contributed by atoms with Crippen LogP contribution in [0.5, 0.6) is 0 Å². The van der Waals surface area contributed by atoms with Crippen LogP contribution in [-0.2, 0) is 19.4 Å². The van der Waals surface area contributed by atoms with Crippen molar-refractivity contribution >= 4 is 33.3 Å². The predicted molar refractivity (Wildman–Crippen MR) is 112 cm³/mol. The molecule has 3 fully saturated rings. The van der Waals surface area contributed by atoms with E-state index in [1.807, 2.05) is 0 Å². The van der Waals surface area contributed by atoms with Gasteiger partial charge in [-0.05, 0) is 56.7 Å². The maximum Gasteiger partial charge on any atom is 0.326 e. The van der Waals surface area contributed by atoms with Crippen molar-refractivity contribution in [3.63, 3.8) is 0 Å². The molecular formula is C21H27ClN2O5S. The van der Waals surface area contributed by atoms with Crippen molar-refractivity contribution in [2.45, 2.75) is 60.8 Å². The van der Waals surface area contributed by atoms with Crippen molar-refractivity contribution in [1.29, 1.82) is 0 Å². The number of sulfone groups is 1. The maximum atomic E-state index is 13.5. The van der Waals surface area contributed by atoms with Gasteiger partial charge in [-0.2, -0.15) is 0 Å². The van der Waals surface area contributed by atoms with Crippen molar-refractivity contribution in [3.05, 3.63) is 29.3 Å². The standard InChI is InChI=1S/C21H27ClN2O5S/c1-14-5-4-10-23(12-14)21(8-9-21)20(27)24-13-15(11-17(24)19(25)26)30(28,29)18-7-3-2-6-16(18)22/h2-3,6-7,14-15,17H,4-5,8-13H2,1H3,(H,25,26)/t14?,15-,17+/m1/s1. The second-order valence-corrected chi connectivity index (χ2v) is 11.5. The van der Waals surface area contributed by atoms with Gasteiger partial charge < -0.3 is 10.0 Å². The number of carboxylic acid groups (broad SMARTS) is 1. The molecule has 3 aliphatic rings. The number of benzene rings is 1. The van der Waals surface area contributed by atoms with Crippen LogP contribution >= 0.6 is 11.6 Å². The third kappa shape index (κ3) is 3.63. The molecule has 1 unspecified atom stereocenters. The Morgan fingerprint density at radius 2 is 1.90 bits per heavy atom. The first-order valence-corrected chi connectivity index (χ1v) is 12.4. The molecular weight excluding hydrogens is 428 g/mol. The lowest BCUT2D eigenvalue weighted by Crippen LogP contribution is -2.55. The van der Waals surface area contributed by atoms with Gasteiger partial charge in [0.05, 0.1) is 15.2 Å². The number of carboxylic acids is 1. The summed E-state index contributed by atoms with van der Waals surface area (Å²) in [5, 5.41) is 8.87. The van der Waals surface area contributed by atoms with E-state index in [1.165, 1.54) is 17.0 Å². The zero-order chi connectivity index (χ0) is 21.7. The third-order valence-electron chi connectivity index (χ3n) is 6.77. The minimum Gasteiger partial charge on any atom is -0.480 e. The van der Waals surface area contributed by atoms with Crippen molar-refractivity contribution in [2.24, 2.45) is 5.92 Å². The number of halogens is 1. The highest BCUT2D eigenvalue weighted by molar-refractivity contribution is 7.92. The Morgan fingerprint density at radius 1 is 1.20 bits per heavy atom. The first-order valence-electron chi connectivity index (χ1n) is 10.4. The Balaban J connectivity index is 1.60. The normalized spacial score (nSPS) is 29.0. The molecule has 2 aliphatic heterocycles. The van der Waals surface area contributed by atoms with Gasteiger partial charge in [0.2, 0.25) is 5.91 Å². The average molecular weight is 455 g/mol. The second kappa shape index (κ2) is 7.80. The van der Waals surface area contributed by atoms with Gasteiger partial charge >= 0.3 is 5.97 Å². The van der Waals surface area contributed by atoms with Gasteiger partial charge in [0.25, 0.3) is 0 Å². The molecule has 164 valence electrons. The number of hydrogen-bond donors (Lipinski definition) is 1. The highest BCUT2D eigenvalue weighted by Crippen LogP contribution is 2.46. The molecule has 1 aromatic carbocycles. The van der Waals surface area contributed by atoms with Crippen LogP contribution in [0.4, 0.5) is 0 Å². The van der Waals surface area contributed by atoms with Crippen LogP contribution in [0.1, 0.15) is 39.0 Å². The van der Waals surface area contributed by atoms with Crippen LogP contribution in [0.2, 0.25) is 5.02 Å². The molecule has 9 heteroatoms. The summed E-state index contributed by atoms with van der Waals surface area (Å²) in [7, 11) is -3.86. The third-order valence-corrected chi connectivity index (χ3v) is 9.40. The molecule has 0 spiro atoms. The van der Waals surface area contributed by atoms with E-state index in [0.717, 1.165) is 25.9 Å². The Morgan fingerprint density at radius 3 is 2.50 bits per heavy atom. The lowest BCUT2D eigenvalue weighted by atomic mass is 9.97. The van der Waals surface area contributed by atoms with Gasteiger partial charge in [0, 0.05) is 13.1 Å². The molecule has 2 heterocycles. The van der Waals surface area contributed by atoms with E-state index in [9.17, 15) is 23.1 Å².